The van der Waals surface area contributed by atoms with Gasteiger partial charge in [-0.05, 0) is 68.5 Å². The molecule has 1 saturated heterocycles. The second-order valence-electron chi connectivity index (χ2n) is 11.0. The van der Waals surface area contributed by atoms with Gasteiger partial charge in [-0.2, -0.15) is 0 Å². The van der Waals surface area contributed by atoms with Crippen molar-refractivity contribution in [3.8, 4) is 11.5 Å². The first kappa shape index (κ1) is 30.7. The number of amides is 3. The lowest BCUT2D eigenvalue weighted by molar-refractivity contribution is -0.137. The summed E-state index contributed by atoms with van der Waals surface area (Å²) in [6.45, 7) is 4.82. The number of aliphatic hydroxyl groups is 1. The second-order valence-corrected chi connectivity index (χ2v) is 12.4. The number of nitrogens with zero attached hydrogens (tertiary/aromatic N) is 3. The van der Waals surface area contributed by atoms with Crippen LogP contribution in [0.3, 0.4) is 0 Å². The quantitative estimate of drug-likeness (QED) is 0.465. The van der Waals surface area contributed by atoms with Gasteiger partial charge in [0.15, 0.2) is 0 Å². The van der Waals surface area contributed by atoms with Crippen LogP contribution in [0.1, 0.15) is 50.8 Å². The van der Waals surface area contributed by atoms with Crippen LogP contribution in [0, 0.1) is 13.8 Å². The number of rotatable bonds is 4. The smallest absolute Gasteiger partial charge is 0.273 e. The number of fused-ring (bicyclic) bond motifs is 9. The molecule has 1 fully saturated rings. The number of aliphatic hydroxyl groups excluding tert-OH is 1. The summed E-state index contributed by atoms with van der Waals surface area (Å²) < 4.78 is 12.4. The molecule has 228 valence electrons. The predicted octanol–water partition coefficient (Wildman–Crippen LogP) is 3.63. The monoisotopic (exact) mass is 606 g/mol. The van der Waals surface area contributed by atoms with Crippen molar-refractivity contribution in [1.29, 1.82) is 0 Å². The van der Waals surface area contributed by atoms with Crippen LogP contribution < -0.4 is 10.1 Å². The van der Waals surface area contributed by atoms with Gasteiger partial charge in [-0.15, -0.1) is 11.3 Å². The molecule has 3 amide bonds. The van der Waals surface area contributed by atoms with Crippen molar-refractivity contribution in [2.24, 2.45) is 0 Å². The van der Waals surface area contributed by atoms with E-state index in [1.165, 1.54) is 16.2 Å². The zero-order chi connectivity index (χ0) is 30.3. The predicted molar refractivity (Wildman–Crippen MR) is 162 cm³/mol. The Balaban J connectivity index is 1.39. The van der Waals surface area contributed by atoms with Gasteiger partial charge in [-0.1, -0.05) is 24.3 Å². The highest BCUT2D eigenvalue weighted by molar-refractivity contribution is 7.11. The van der Waals surface area contributed by atoms with Crippen molar-refractivity contribution in [2.75, 3.05) is 32.8 Å². The molecule has 11 heteroatoms. The van der Waals surface area contributed by atoms with E-state index < -0.39 is 6.04 Å². The molecule has 0 aliphatic carbocycles. The van der Waals surface area contributed by atoms with Crippen LogP contribution in [-0.4, -0.2) is 82.5 Å². The maximum Gasteiger partial charge on any atom is 0.273 e. The van der Waals surface area contributed by atoms with Gasteiger partial charge in [-0.3, -0.25) is 14.4 Å². The second kappa shape index (κ2) is 14.1. The third-order valence-electron chi connectivity index (χ3n) is 7.71. The normalized spacial score (nSPS) is 20.0. The van der Waals surface area contributed by atoms with Gasteiger partial charge in [0.05, 0.1) is 30.3 Å². The van der Waals surface area contributed by atoms with Crippen LogP contribution in [0.2, 0.25) is 0 Å². The highest BCUT2D eigenvalue weighted by atomic mass is 32.1. The minimum Gasteiger partial charge on any atom is -0.457 e. The Morgan fingerprint density at radius 2 is 1.91 bits per heavy atom. The van der Waals surface area contributed by atoms with Crippen LogP contribution in [0.15, 0.2) is 48.5 Å². The molecule has 0 radical (unpaired) electrons. The molecule has 2 N–H and O–H groups in total. The molecule has 3 aliphatic heterocycles. The summed E-state index contributed by atoms with van der Waals surface area (Å²) in [5, 5.41) is 13.3. The highest BCUT2D eigenvalue weighted by Gasteiger charge is 2.35. The lowest BCUT2D eigenvalue weighted by Gasteiger charge is -2.39. The maximum absolute atomic E-state index is 13.4. The molecule has 1 aromatic heterocycles. The van der Waals surface area contributed by atoms with Gasteiger partial charge in [0.1, 0.15) is 17.2 Å². The number of nitrogens with one attached hydrogen (secondary N) is 1. The van der Waals surface area contributed by atoms with E-state index in [1.807, 2.05) is 62.4 Å². The highest BCUT2D eigenvalue weighted by Crippen LogP contribution is 2.26. The molecule has 2 aromatic carbocycles. The molecule has 0 saturated carbocycles. The summed E-state index contributed by atoms with van der Waals surface area (Å²) in [5.74, 6) is 0.702. The standard InChI is InChI=1S/C32H38N4O6S/c1-21-31(33-22(2)43-21)32(40)36-15-13-28-27(18-36)34-29(38)19-35(14-4-16-37)30(39)12-9-23-7-10-25(11-8-23)42-26-6-3-5-24(17-26)20-41-28/h3,5-8,10-11,17,27-28,37H,4,9,12-16,18-20H2,1-2H3,(H,34,38)/t27-,28-/m0/s1. The number of carbonyl (C=O) groups excluding carboxylic acids is 3. The first-order valence-electron chi connectivity index (χ1n) is 14.7. The average molecular weight is 607 g/mol. The Morgan fingerprint density at radius 3 is 2.65 bits per heavy atom. The lowest BCUT2D eigenvalue weighted by atomic mass is 10.0. The number of likely N-dealkylation sites (tertiary alicyclic amines) is 1. The number of hydrogen-bond acceptors (Lipinski definition) is 8. The fourth-order valence-electron chi connectivity index (χ4n) is 5.48. The number of carbonyl (C=O) groups is 3. The Morgan fingerprint density at radius 1 is 1.09 bits per heavy atom. The molecule has 0 unspecified atom stereocenters. The number of ether oxygens (including phenoxy) is 2. The van der Waals surface area contributed by atoms with E-state index >= 15 is 0 Å². The summed E-state index contributed by atoms with van der Waals surface area (Å²) in [6, 6.07) is 14.8. The van der Waals surface area contributed by atoms with E-state index in [2.05, 4.69) is 10.3 Å². The van der Waals surface area contributed by atoms with Gasteiger partial charge in [0.2, 0.25) is 11.8 Å². The number of benzene rings is 2. The largest absolute Gasteiger partial charge is 0.457 e. The van der Waals surface area contributed by atoms with E-state index in [1.54, 1.807) is 4.90 Å². The zero-order valence-electron chi connectivity index (χ0n) is 24.6. The van der Waals surface area contributed by atoms with Crippen LogP contribution in [0.25, 0.3) is 0 Å². The minimum absolute atomic E-state index is 0.0846. The van der Waals surface area contributed by atoms with Crippen molar-refractivity contribution in [3.63, 3.8) is 0 Å². The van der Waals surface area contributed by atoms with Crippen molar-refractivity contribution in [2.45, 2.75) is 58.3 Å². The maximum atomic E-state index is 13.4. The molecule has 4 heterocycles. The van der Waals surface area contributed by atoms with Gasteiger partial charge < -0.3 is 29.7 Å². The van der Waals surface area contributed by atoms with E-state index in [4.69, 9.17) is 9.47 Å². The van der Waals surface area contributed by atoms with Crippen LogP contribution in [0.4, 0.5) is 0 Å². The fourth-order valence-corrected chi connectivity index (χ4v) is 6.29. The van der Waals surface area contributed by atoms with Crippen molar-refractivity contribution in [3.05, 3.63) is 75.2 Å². The Hall–Kier alpha value is -3.80. The molecule has 2 atom stereocenters. The van der Waals surface area contributed by atoms with Gasteiger partial charge in [-0.25, -0.2) is 4.98 Å². The van der Waals surface area contributed by atoms with Gasteiger partial charge in [0.25, 0.3) is 5.91 Å². The lowest BCUT2D eigenvalue weighted by Crippen LogP contribution is -2.58. The minimum atomic E-state index is -0.489. The van der Waals surface area contributed by atoms with E-state index in [0.717, 1.165) is 21.0 Å². The van der Waals surface area contributed by atoms with Crippen LogP contribution in [-0.2, 0) is 27.4 Å². The van der Waals surface area contributed by atoms with Gasteiger partial charge in [0, 0.05) is 37.5 Å². The third-order valence-corrected chi connectivity index (χ3v) is 8.60. The van der Waals surface area contributed by atoms with Crippen molar-refractivity contribution >= 4 is 29.1 Å². The zero-order valence-corrected chi connectivity index (χ0v) is 25.4. The van der Waals surface area contributed by atoms with Crippen LogP contribution >= 0.6 is 11.3 Å². The SMILES string of the molecule is Cc1nc(C(=O)N2CC[C@@H]3OCc4cccc(c4)Oc4ccc(cc4)CCC(=O)N(CCCO)CC(=O)N[C@H]3C2)c(C)s1. The topological polar surface area (TPSA) is 121 Å². The van der Waals surface area contributed by atoms with E-state index in [0.29, 0.717) is 49.6 Å². The summed E-state index contributed by atoms with van der Waals surface area (Å²) in [5.41, 5.74) is 2.34. The third kappa shape index (κ3) is 7.98. The number of thiazole rings is 1. The van der Waals surface area contributed by atoms with Gasteiger partial charge >= 0.3 is 0 Å². The molecule has 10 nitrogen and oxygen atoms in total. The van der Waals surface area contributed by atoms with Crippen molar-refractivity contribution in [1.82, 2.24) is 20.1 Å². The number of hydrogen-bond donors (Lipinski definition) is 2. The van der Waals surface area contributed by atoms with E-state index in [-0.39, 0.29) is 56.5 Å². The summed E-state index contributed by atoms with van der Waals surface area (Å²) >= 11 is 1.48. The Kier molecular flexibility index (Phi) is 10.1. The number of piperidine rings is 1. The Labute approximate surface area is 255 Å². The Bertz CT molecular complexity index is 1440. The summed E-state index contributed by atoms with van der Waals surface area (Å²) in [6.07, 6.45) is 1.27. The molecule has 3 aromatic rings. The molecule has 3 aliphatic rings. The molecule has 43 heavy (non-hydrogen) atoms. The first-order chi connectivity index (χ1) is 20.8. The molecule has 6 rings (SSSR count). The molecular formula is C32H38N4O6S. The molecule has 4 bridgehead atoms. The molecule has 0 spiro atoms. The molecular weight excluding hydrogens is 568 g/mol. The van der Waals surface area contributed by atoms with Crippen molar-refractivity contribution < 1.29 is 29.0 Å². The summed E-state index contributed by atoms with van der Waals surface area (Å²) in [4.78, 5) is 48.5. The average Bonchev–Trinajstić information content (AvgIpc) is 3.34. The van der Waals surface area contributed by atoms with E-state index in [9.17, 15) is 19.5 Å². The van der Waals surface area contributed by atoms with Crippen LogP contribution in [0.5, 0.6) is 11.5 Å². The number of aromatic nitrogens is 1. The summed E-state index contributed by atoms with van der Waals surface area (Å²) in [7, 11) is 0. The number of aryl methyl sites for hydroxylation is 3. The first-order valence-corrected chi connectivity index (χ1v) is 15.5. The fraction of sp³-hybridized carbons (Fsp3) is 0.438.